The Bertz CT molecular complexity index is 2310. The van der Waals surface area contributed by atoms with Crippen molar-refractivity contribution < 1.29 is 43.0 Å². The Kier molecular flexibility index (Phi) is 24.4. The van der Waals surface area contributed by atoms with Gasteiger partial charge in [-0.1, -0.05) is 25.5 Å². The molecule has 0 aliphatic carbocycles. The Morgan fingerprint density at radius 3 is 1.84 bits per heavy atom. The number of benzene rings is 1. The van der Waals surface area contributed by atoms with Crippen LogP contribution in [0.3, 0.4) is 0 Å². The lowest BCUT2D eigenvalue weighted by atomic mass is 10.0. The van der Waals surface area contributed by atoms with E-state index in [4.69, 9.17) is 25.7 Å². The summed E-state index contributed by atoms with van der Waals surface area (Å²) in [6.07, 6.45) is 5.08. The van der Waals surface area contributed by atoms with Crippen molar-refractivity contribution in [1.82, 2.24) is 45.3 Å². The largest absolute Gasteiger partial charge is 0.444 e. The van der Waals surface area contributed by atoms with Crippen LogP contribution in [0, 0.1) is 0 Å². The van der Waals surface area contributed by atoms with E-state index in [1.54, 1.807) is 96.4 Å². The van der Waals surface area contributed by atoms with Gasteiger partial charge in [0.05, 0.1) is 19.1 Å². The van der Waals surface area contributed by atoms with Crippen LogP contribution >= 0.6 is 0 Å². The minimum atomic E-state index is -0.705. The summed E-state index contributed by atoms with van der Waals surface area (Å²) in [5.41, 5.74) is 11.7. The predicted molar refractivity (Wildman–Crippen MR) is 281 cm³/mol. The predicted octanol–water partition coefficient (Wildman–Crippen LogP) is 6.21. The minimum Gasteiger partial charge on any atom is -0.444 e. The summed E-state index contributed by atoms with van der Waals surface area (Å²) in [7, 11) is 0. The molecule has 1 atom stereocenters. The maximum absolute atomic E-state index is 13.2. The van der Waals surface area contributed by atoms with Crippen LogP contribution in [0.15, 0.2) is 29.1 Å². The van der Waals surface area contributed by atoms with E-state index >= 15 is 0 Å². The van der Waals surface area contributed by atoms with Gasteiger partial charge < -0.3 is 61.7 Å². The van der Waals surface area contributed by atoms with Crippen molar-refractivity contribution in [1.29, 1.82) is 0 Å². The van der Waals surface area contributed by atoms with E-state index in [1.165, 1.54) is 4.57 Å². The van der Waals surface area contributed by atoms with E-state index in [0.717, 1.165) is 18.4 Å². The Morgan fingerprint density at radius 2 is 1.26 bits per heavy atom. The van der Waals surface area contributed by atoms with Crippen molar-refractivity contribution in [2.75, 3.05) is 63.4 Å². The van der Waals surface area contributed by atoms with Crippen molar-refractivity contribution >= 4 is 58.8 Å². The molecule has 0 spiro atoms. The fourth-order valence-electron chi connectivity index (χ4n) is 7.21. The molecule has 0 bridgehead atoms. The zero-order chi connectivity index (χ0) is 54.4. The number of carbonyl (C=O) groups is 6. The highest BCUT2D eigenvalue weighted by atomic mass is 16.6. The molecular weight excluding hydrogens is 941 g/mol. The standard InChI is InChI=1S/C51H84N12O10/c1-11-12-26-55-44-59-41(53)40-42(60-44)63(45(67)58-40)34-35-22-24-36(25-23-35)43(66)57-33-39(65)54-27-15-13-20-37(52)38(64)21-14-16-29-61(47(69)72-50(5,6)7)30-17-18-31-62(48(70)73-51(8,9)10)32-19-28-56-46(68)71-49(2,3)4/h22-25,37H,11-21,26-34,52H2,1-10H3,(H,54,65)(H,56,68)(H,57,66)(H,58,67)(H3,53,55,59,60)/t37-/m0/s1. The number of rotatable bonds is 29. The number of nitrogen functional groups attached to an aromatic ring is 1. The molecular formula is C51H84N12O10. The van der Waals surface area contributed by atoms with Gasteiger partial charge in [-0.3, -0.25) is 19.0 Å². The van der Waals surface area contributed by atoms with E-state index in [2.05, 4.69) is 43.1 Å². The van der Waals surface area contributed by atoms with Crippen LogP contribution < -0.4 is 38.4 Å². The van der Waals surface area contributed by atoms with E-state index in [9.17, 15) is 33.6 Å². The van der Waals surface area contributed by atoms with E-state index < -0.39 is 52.7 Å². The molecule has 0 aliphatic heterocycles. The number of fused-ring (bicyclic) bond motifs is 1. The van der Waals surface area contributed by atoms with Crippen LogP contribution in [0.5, 0.6) is 0 Å². The number of nitrogens with one attached hydrogen (secondary N) is 5. The quantitative estimate of drug-likeness (QED) is 0.0300. The van der Waals surface area contributed by atoms with E-state index in [-0.39, 0.29) is 37.0 Å². The smallest absolute Gasteiger partial charge is 0.410 e. The topological polar surface area (TPSA) is 300 Å². The molecule has 1 aromatic carbocycles. The highest BCUT2D eigenvalue weighted by Crippen LogP contribution is 2.19. The third kappa shape index (κ3) is 23.8. The lowest BCUT2D eigenvalue weighted by molar-refractivity contribution is -0.121. The molecule has 9 N–H and O–H groups in total. The monoisotopic (exact) mass is 1020 g/mol. The first-order valence-electron chi connectivity index (χ1n) is 25.6. The minimum absolute atomic E-state index is 0.0805. The van der Waals surface area contributed by atoms with Gasteiger partial charge in [0, 0.05) is 57.8 Å². The summed E-state index contributed by atoms with van der Waals surface area (Å²) in [6.45, 7) is 21.0. The molecule has 0 unspecified atom stereocenters. The van der Waals surface area contributed by atoms with Gasteiger partial charge >= 0.3 is 24.0 Å². The third-order valence-electron chi connectivity index (χ3n) is 10.9. The molecule has 0 saturated carbocycles. The average molecular weight is 1030 g/mol. The summed E-state index contributed by atoms with van der Waals surface area (Å²) in [5, 5.41) is 11.2. The fourth-order valence-corrected chi connectivity index (χ4v) is 7.21. The van der Waals surface area contributed by atoms with Crippen molar-refractivity contribution in [3.63, 3.8) is 0 Å². The van der Waals surface area contributed by atoms with Gasteiger partial charge in [-0.15, -0.1) is 0 Å². The molecule has 73 heavy (non-hydrogen) atoms. The van der Waals surface area contributed by atoms with Crippen molar-refractivity contribution in [2.24, 2.45) is 5.73 Å². The SMILES string of the molecule is CCCCNc1nc(N)c2[nH]c(=O)n(Cc3ccc(C(=O)NCC(=O)NCCCC[C@H](N)C(=O)CCCCN(CCCCN(CCCNC(=O)OC(C)(C)C)C(=O)OC(C)(C)C)C(=O)OC(C)(C)C)cc3)c2n1. The Morgan fingerprint density at radius 1 is 0.699 bits per heavy atom. The summed E-state index contributed by atoms with van der Waals surface area (Å²) >= 11 is 0. The number of carbonyl (C=O) groups excluding carboxylic acids is 6. The highest BCUT2D eigenvalue weighted by molar-refractivity contribution is 5.96. The Hall–Kier alpha value is -6.45. The van der Waals surface area contributed by atoms with Crippen LogP contribution in [0.2, 0.25) is 0 Å². The van der Waals surface area contributed by atoms with Crippen LogP contribution in [0.4, 0.5) is 26.1 Å². The van der Waals surface area contributed by atoms with Gasteiger partial charge in [0.1, 0.15) is 28.1 Å². The normalized spacial score (nSPS) is 12.2. The van der Waals surface area contributed by atoms with Crippen molar-refractivity contribution in [3.05, 3.63) is 45.9 Å². The zero-order valence-corrected chi connectivity index (χ0v) is 45.0. The number of unbranched alkanes of at least 4 members (excludes halogenated alkanes) is 4. The number of ether oxygens (including phenoxy) is 3. The van der Waals surface area contributed by atoms with Crippen LogP contribution in [0.1, 0.15) is 156 Å². The Labute approximate surface area is 430 Å². The second-order valence-electron chi connectivity index (χ2n) is 21.1. The van der Waals surface area contributed by atoms with E-state index in [0.29, 0.717) is 120 Å². The molecule has 3 aromatic rings. The molecule has 3 rings (SSSR count). The van der Waals surface area contributed by atoms with E-state index in [1.807, 2.05) is 0 Å². The van der Waals surface area contributed by atoms with Gasteiger partial charge in [-0.2, -0.15) is 9.97 Å². The lowest BCUT2D eigenvalue weighted by Crippen LogP contribution is -2.40. The number of imidazole rings is 1. The number of anilines is 2. The second-order valence-corrected chi connectivity index (χ2v) is 21.1. The van der Waals surface area contributed by atoms with Crippen LogP contribution in [0.25, 0.3) is 11.2 Å². The van der Waals surface area contributed by atoms with Gasteiger partial charge in [-0.25, -0.2) is 19.2 Å². The number of nitrogens with two attached hydrogens (primary N) is 2. The molecule has 2 aromatic heterocycles. The molecule has 0 saturated heterocycles. The number of hydrogen-bond donors (Lipinski definition) is 7. The molecule has 2 heterocycles. The first kappa shape index (κ1) is 60.9. The average Bonchev–Trinajstić information content (AvgIpc) is 3.60. The number of Topliss-reactive ketones (excluding diaryl/α,β-unsaturated/α-hetero) is 1. The molecule has 5 amide bonds. The number of aromatic amines is 1. The van der Waals surface area contributed by atoms with Gasteiger partial charge in [-0.05, 0) is 138 Å². The molecule has 0 radical (unpaired) electrons. The van der Waals surface area contributed by atoms with Crippen molar-refractivity contribution in [3.8, 4) is 0 Å². The zero-order valence-electron chi connectivity index (χ0n) is 45.0. The first-order valence-corrected chi connectivity index (χ1v) is 25.6. The van der Waals surface area contributed by atoms with Crippen LogP contribution in [-0.4, -0.2) is 140 Å². The summed E-state index contributed by atoms with van der Waals surface area (Å²) in [4.78, 5) is 104. The number of ketones is 1. The number of amides is 5. The molecule has 408 valence electrons. The summed E-state index contributed by atoms with van der Waals surface area (Å²) in [6, 6.07) is 6.00. The number of H-pyrrole nitrogens is 1. The number of hydrogen-bond acceptors (Lipinski definition) is 15. The van der Waals surface area contributed by atoms with Crippen molar-refractivity contribution in [2.45, 2.75) is 169 Å². The summed E-state index contributed by atoms with van der Waals surface area (Å²) < 4.78 is 18.1. The van der Waals surface area contributed by atoms with Crippen LogP contribution in [-0.2, 0) is 30.3 Å². The fraction of sp³-hybridized carbons (Fsp3) is 0.667. The molecule has 0 aliphatic rings. The molecule has 22 nitrogen and oxygen atoms in total. The lowest BCUT2D eigenvalue weighted by Gasteiger charge is -2.29. The maximum Gasteiger partial charge on any atom is 0.410 e. The number of alkyl carbamates (subject to hydrolysis) is 1. The first-order chi connectivity index (χ1) is 34.2. The Balaban J connectivity index is 1.36. The van der Waals surface area contributed by atoms with Gasteiger partial charge in [0.15, 0.2) is 11.5 Å². The number of nitrogens with zero attached hydrogens (tertiary/aromatic N) is 5. The van der Waals surface area contributed by atoms with Gasteiger partial charge in [0.2, 0.25) is 11.9 Å². The molecule has 0 fully saturated rings. The maximum atomic E-state index is 13.2. The third-order valence-corrected chi connectivity index (χ3v) is 10.9. The van der Waals surface area contributed by atoms with Gasteiger partial charge in [0.25, 0.3) is 5.91 Å². The summed E-state index contributed by atoms with van der Waals surface area (Å²) in [5.74, 6) is -0.382. The second kappa shape index (κ2) is 29.3. The molecule has 22 heteroatoms. The number of aromatic nitrogens is 4. The highest BCUT2D eigenvalue weighted by Gasteiger charge is 2.25.